The maximum Gasteiger partial charge on any atom is 0.312 e. The molecule has 8 heteroatoms. The van der Waals surface area contributed by atoms with Gasteiger partial charge in [-0.2, -0.15) is 4.68 Å². The lowest BCUT2D eigenvalue weighted by atomic mass is 9.72. The number of fused-ring (bicyclic) bond motifs is 1. The molecule has 5 rings (SSSR count). The standard InChI is InChI=1S/C23H23N5O2S/c29-22(30-16-20-25-26-27-28(20)17-9-3-1-4-10-17)23(13-7-2-8-14-23)15-21-24-18-11-5-6-12-19(18)31-21/h1,3-6,9-12H,2,7-8,13-16H2. The van der Waals surface area contributed by atoms with Gasteiger partial charge in [0.1, 0.15) is 0 Å². The number of carbonyl (C=O) groups excluding carboxylic acids is 1. The summed E-state index contributed by atoms with van der Waals surface area (Å²) in [5.41, 5.74) is 1.29. The topological polar surface area (TPSA) is 82.8 Å². The van der Waals surface area contributed by atoms with Crippen LogP contribution >= 0.6 is 11.3 Å². The van der Waals surface area contributed by atoms with Crippen LogP contribution in [-0.2, 0) is 22.6 Å². The van der Waals surface area contributed by atoms with Crippen molar-refractivity contribution < 1.29 is 9.53 Å². The van der Waals surface area contributed by atoms with Crippen molar-refractivity contribution in [2.45, 2.75) is 45.1 Å². The van der Waals surface area contributed by atoms with Crippen LogP contribution in [0.3, 0.4) is 0 Å². The van der Waals surface area contributed by atoms with E-state index in [1.54, 1.807) is 16.0 Å². The Hall–Kier alpha value is -3.13. The summed E-state index contributed by atoms with van der Waals surface area (Å²) in [4.78, 5) is 18.1. The van der Waals surface area contributed by atoms with Crippen LogP contribution in [0.5, 0.6) is 0 Å². The monoisotopic (exact) mass is 433 g/mol. The SMILES string of the molecule is O=C(OCc1nnnn1-c1ccccc1)C1(Cc2nc3ccccc3s2)CCCCC1. The number of benzene rings is 2. The summed E-state index contributed by atoms with van der Waals surface area (Å²) in [6.07, 6.45) is 5.48. The largest absolute Gasteiger partial charge is 0.457 e. The van der Waals surface area contributed by atoms with Gasteiger partial charge in [0.2, 0.25) is 0 Å². The van der Waals surface area contributed by atoms with E-state index in [1.807, 2.05) is 48.5 Å². The summed E-state index contributed by atoms with van der Waals surface area (Å²) in [7, 11) is 0. The summed E-state index contributed by atoms with van der Waals surface area (Å²) < 4.78 is 8.57. The van der Waals surface area contributed by atoms with Gasteiger partial charge in [-0.25, -0.2) is 4.98 Å². The molecule has 0 radical (unpaired) electrons. The van der Waals surface area contributed by atoms with Crippen molar-refractivity contribution in [1.82, 2.24) is 25.2 Å². The first kappa shape index (κ1) is 19.8. The molecule has 0 bridgehead atoms. The van der Waals surface area contributed by atoms with Crippen molar-refractivity contribution in [1.29, 1.82) is 0 Å². The molecule has 0 aliphatic heterocycles. The zero-order valence-electron chi connectivity index (χ0n) is 17.1. The maximum absolute atomic E-state index is 13.4. The lowest BCUT2D eigenvalue weighted by molar-refractivity contribution is -0.160. The fourth-order valence-electron chi connectivity index (χ4n) is 4.32. The third-order valence-corrected chi connectivity index (χ3v) is 6.98. The molecule has 158 valence electrons. The molecular weight excluding hydrogens is 410 g/mol. The van der Waals surface area contributed by atoms with E-state index in [1.165, 1.54) is 0 Å². The van der Waals surface area contributed by atoms with Gasteiger partial charge in [-0.1, -0.05) is 49.6 Å². The summed E-state index contributed by atoms with van der Waals surface area (Å²) in [5, 5.41) is 12.9. The smallest absolute Gasteiger partial charge is 0.312 e. The van der Waals surface area contributed by atoms with Gasteiger partial charge in [0.05, 0.1) is 26.3 Å². The number of carbonyl (C=O) groups is 1. The van der Waals surface area contributed by atoms with Gasteiger partial charge in [0, 0.05) is 6.42 Å². The maximum atomic E-state index is 13.4. The number of aromatic nitrogens is 5. The molecule has 2 heterocycles. The minimum atomic E-state index is -0.531. The summed E-state index contributed by atoms with van der Waals surface area (Å²) in [5.74, 6) is 0.333. The lowest BCUT2D eigenvalue weighted by Gasteiger charge is -2.34. The zero-order chi connectivity index (χ0) is 21.1. The van der Waals surface area contributed by atoms with Crippen molar-refractivity contribution in [3.63, 3.8) is 0 Å². The van der Waals surface area contributed by atoms with Gasteiger partial charge in [0.25, 0.3) is 0 Å². The van der Waals surface area contributed by atoms with Gasteiger partial charge >= 0.3 is 5.97 Å². The van der Waals surface area contributed by atoms with Crippen molar-refractivity contribution in [3.8, 4) is 5.69 Å². The molecule has 1 aliphatic rings. The molecule has 1 aliphatic carbocycles. The number of ether oxygens (including phenoxy) is 1. The van der Waals surface area contributed by atoms with Gasteiger partial charge in [0.15, 0.2) is 12.4 Å². The molecule has 1 saturated carbocycles. The first-order valence-electron chi connectivity index (χ1n) is 10.6. The van der Waals surface area contributed by atoms with E-state index in [4.69, 9.17) is 9.72 Å². The van der Waals surface area contributed by atoms with Crippen molar-refractivity contribution in [3.05, 3.63) is 65.4 Å². The van der Waals surface area contributed by atoms with Gasteiger partial charge in [-0.15, -0.1) is 16.4 Å². The number of hydrogen-bond acceptors (Lipinski definition) is 7. The fourth-order valence-corrected chi connectivity index (χ4v) is 5.43. The number of nitrogens with zero attached hydrogens (tertiary/aromatic N) is 5. The third-order valence-electron chi connectivity index (χ3n) is 5.94. The van der Waals surface area contributed by atoms with E-state index in [0.29, 0.717) is 12.2 Å². The Morgan fingerprint density at radius 2 is 1.81 bits per heavy atom. The van der Waals surface area contributed by atoms with Gasteiger partial charge in [-0.3, -0.25) is 4.79 Å². The Balaban J connectivity index is 1.35. The number of para-hydroxylation sites is 2. The Kier molecular flexibility index (Phi) is 5.46. The molecule has 7 nitrogen and oxygen atoms in total. The second kappa shape index (κ2) is 8.55. The van der Waals surface area contributed by atoms with Crippen LogP contribution in [0, 0.1) is 5.41 Å². The molecule has 2 aromatic carbocycles. The Bertz CT molecular complexity index is 1150. The van der Waals surface area contributed by atoms with Gasteiger partial charge in [-0.05, 0) is 47.5 Å². The molecule has 0 N–H and O–H groups in total. The molecule has 1 fully saturated rings. The quantitative estimate of drug-likeness (QED) is 0.416. The van der Waals surface area contributed by atoms with Crippen LogP contribution in [0.25, 0.3) is 15.9 Å². The van der Waals surface area contributed by atoms with E-state index < -0.39 is 5.41 Å². The molecule has 2 aromatic heterocycles. The highest BCUT2D eigenvalue weighted by molar-refractivity contribution is 7.18. The highest BCUT2D eigenvalue weighted by atomic mass is 32.1. The van der Waals surface area contributed by atoms with E-state index in [2.05, 4.69) is 21.6 Å². The van der Waals surface area contributed by atoms with Gasteiger partial charge < -0.3 is 4.74 Å². The minimum Gasteiger partial charge on any atom is -0.457 e. The highest BCUT2D eigenvalue weighted by Crippen LogP contribution is 2.42. The van der Waals surface area contributed by atoms with Crippen LogP contribution in [0.1, 0.15) is 42.9 Å². The van der Waals surface area contributed by atoms with E-state index in [-0.39, 0.29) is 12.6 Å². The first-order valence-corrected chi connectivity index (χ1v) is 11.4. The van der Waals surface area contributed by atoms with Crippen LogP contribution in [-0.4, -0.2) is 31.2 Å². The highest BCUT2D eigenvalue weighted by Gasteiger charge is 2.42. The molecule has 0 saturated heterocycles. The predicted octanol–water partition coefficient (Wildman–Crippen LogP) is 4.51. The second-order valence-electron chi connectivity index (χ2n) is 8.01. The van der Waals surface area contributed by atoms with E-state index in [0.717, 1.165) is 53.0 Å². The zero-order valence-corrected chi connectivity index (χ0v) is 17.9. The van der Waals surface area contributed by atoms with Crippen molar-refractivity contribution in [2.75, 3.05) is 0 Å². The number of thiazole rings is 1. The molecular formula is C23H23N5O2S. The molecule has 0 amide bonds. The second-order valence-corrected chi connectivity index (χ2v) is 9.13. The van der Waals surface area contributed by atoms with Crippen LogP contribution in [0.4, 0.5) is 0 Å². The minimum absolute atomic E-state index is 0.0440. The molecule has 4 aromatic rings. The first-order chi connectivity index (χ1) is 15.2. The predicted molar refractivity (Wildman–Crippen MR) is 118 cm³/mol. The van der Waals surface area contributed by atoms with Crippen LogP contribution < -0.4 is 0 Å². The molecule has 0 unspecified atom stereocenters. The average Bonchev–Trinajstić information content (AvgIpc) is 3.45. The number of rotatable bonds is 6. The Morgan fingerprint density at radius 1 is 1.03 bits per heavy atom. The summed E-state index contributed by atoms with van der Waals surface area (Å²) in [6.45, 7) is 0.0440. The molecule has 31 heavy (non-hydrogen) atoms. The van der Waals surface area contributed by atoms with Crippen molar-refractivity contribution in [2.24, 2.45) is 5.41 Å². The molecule has 0 spiro atoms. The number of tetrazole rings is 1. The van der Waals surface area contributed by atoms with Crippen LogP contribution in [0.2, 0.25) is 0 Å². The Morgan fingerprint density at radius 3 is 2.61 bits per heavy atom. The normalized spacial score (nSPS) is 15.7. The number of hydrogen-bond donors (Lipinski definition) is 0. The lowest BCUT2D eigenvalue weighted by Crippen LogP contribution is -2.37. The van der Waals surface area contributed by atoms with E-state index >= 15 is 0 Å². The van der Waals surface area contributed by atoms with Crippen LogP contribution in [0.15, 0.2) is 54.6 Å². The van der Waals surface area contributed by atoms with E-state index in [9.17, 15) is 4.79 Å². The number of esters is 1. The van der Waals surface area contributed by atoms with Crippen molar-refractivity contribution >= 4 is 27.5 Å². The third kappa shape index (κ3) is 4.07. The fraction of sp³-hybridized carbons (Fsp3) is 0.348. The summed E-state index contributed by atoms with van der Waals surface area (Å²) >= 11 is 1.67. The average molecular weight is 434 g/mol. The summed E-state index contributed by atoms with van der Waals surface area (Å²) in [6, 6.07) is 17.7. The molecule has 0 atom stereocenters. The Labute approximate surface area is 184 Å².